The van der Waals surface area contributed by atoms with E-state index in [1.807, 2.05) is 12.1 Å². The van der Waals surface area contributed by atoms with Gasteiger partial charge in [-0.3, -0.25) is 4.79 Å². The van der Waals surface area contributed by atoms with Crippen molar-refractivity contribution in [1.82, 2.24) is 0 Å². The number of hydrogen-bond donors (Lipinski definition) is 1. The molecule has 141 valence electrons. The molecule has 4 heteroatoms. The van der Waals surface area contributed by atoms with Crippen molar-refractivity contribution < 1.29 is 30.0 Å². The average molecular weight is 520 g/mol. The molecular formula is C21H29IrNO2-2. The summed E-state index contributed by atoms with van der Waals surface area (Å²) in [5.74, 6) is 0.927. The van der Waals surface area contributed by atoms with Crippen molar-refractivity contribution in [3.05, 3.63) is 52.5 Å². The van der Waals surface area contributed by atoms with Gasteiger partial charge in [-0.1, -0.05) is 44.4 Å². The number of hydrogen-bond acceptors (Lipinski definition) is 2. The van der Waals surface area contributed by atoms with Crippen molar-refractivity contribution in [2.75, 3.05) is 0 Å². The smallest absolute Gasteiger partial charge is 0.158 e. The molecule has 1 saturated heterocycles. The Kier molecular flexibility index (Phi) is 9.63. The molecule has 1 heterocycles. The number of carbonyl (C=O) groups is 1. The van der Waals surface area contributed by atoms with Crippen LogP contribution in [0.3, 0.4) is 0 Å². The zero-order valence-corrected chi connectivity index (χ0v) is 17.8. The number of nitrogens with zero attached hydrogens (tertiary/aromatic N) is 1. The van der Waals surface area contributed by atoms with E-state index in [4.69, 9.17) is 10.4 Å². The SMILES string of the molecule is CC(=O)/C(C)=C(/C)O.[Ir].[c-]1ccccc1C1CCC2CCCCC2[N-]1. The Bertz CT molecular complexity index is 567. The fourth-order valence-corrected chi connectivity index (χ4v) is 3.50. The Balaban J connectivity index is 0.000000301. The molecule has 3 unspecified atom stereocenters. The average Bonchev–Trinajstić information content (AvgIpc) is 2.61. The topological polar surface area (TPSA) is 51.4 Å². The van der Waals surface area contributed by atoms with Gasteiger partial charge in [0.05, 0.1) is 5.76 Å². The van der Waals surface area contributed by atoms with E-state index >= 15 is 0 Å². The van der Waals surface area contributed by atoms with Crippen LogP contribution in [0, 0.1) is 12.0 Å². The molecule has 3 nitrogen and oxygen atoms in total. The van der Waals surface area contributed by atoms with E-state index in [1.165, 1.54) is 57.9 Å². The predicted molar refractivity (Wildman–Crippen MR) is 98.0 cm³/mol. The van der Waals surface area contributed by atoms with Crippen LogP contribution in [-0.4, -0.2) is 16.9 Å². The molecule has 1 aliphatic heterocycles. The minimum absolute atomic E-state index is 0. The van der Waals surface area contributed by atoms with Gasteiger partial charge < -0.3 is 10.4 Å². The molecule has 2 aliphatic rings. The van der Waals surface area contributed by atoms with Crippen LogP contribution in [0.15, 0.2) is 35.6 Å². The summed E-state index contributed by atoms with van der Waals surface area (Å²) in [6.07, 6.45) is 8.17. The summed E-state index contributed by atoms with van der Waals surface area (Å²) in [4.78, 5) is 10.4. The molecule has 0 bridgehead atoms. The molecule has 3 atom stereocenters. The maximum absolute atomic E-state index is 10.4. The molecule has 1 saturated carbocycles. The van der Waals surface area contributed by atoms with Gasteiger partial charge in [-0.2, -0.15) is 35.9 Å². The van der Waals surface area contributed by atoms with Crippen LogP contribution < -0.4 is 0 Å². The van der Waals surface area contributed by atoms with Gasteiger partial charge in [-0.05, 0) is 20.8 Å². The van der Waals surface area contributed by atoms with E-state index in [9.17, 15) is 4.79 Å². The molecule has 25 heavy (non-hydrogen) atoms. The Hall–Kier alpha value is -0.961. The molecule has 1 N–H and O–H groups in total. The van der Waals surface area contributed by atoms with E-state index in [2.05, 4.69) is 18.2 Å². The normalized spacial score (nSPS) is 26.1. The van der Waals surface area contributed by atoms with Crippen molar-refractivity contribution >= 4 is 5.78 Å². The number of aliphatic hydroxyl groups excluding tert-OH is 1. The van der Waals surface area contributed by atoms with Gasteiger partial charge in [0, 0.05) is 25.7 Å². The van der Waals surface area contributed by atoms with Crippen molar-refractivity contribution in [3.8, 4) is 0 Å². The summed E-state index contributed by atoms with van der Waals surface area (Å²) in [5, 5.41) is 13.7. The molecule has 1 aromatic rings. The quantitative estimate of drug-likeness (QED) is 0.311. The molecule has 0 amide bonds. The van der Waals surface area contributed by atoms with Crippen molar-refractivity contribution in [1.29, 1.82) is 0 Å². The van der Waals surface area contributed by atoms with Crippen LogP contribution in [0.1, 0.15) is 70.9 Å². The van der Waals surface area contributed by atoms with Gasteiger partial charge >= 0.3 is 0 Å². The molecule has 1 aliphatic carbocycles. The van der Waals surface area contributed by atoms with Crippen LogP contribution in [0.25, 0.3) is 5.32 Å². The molecular weight excluding hydrogens is 490 g/mol. The Labute approximate surface area is 165 Å². The maximum Gasteiger partial charge on any atom is 0.158 e. The third-order valence-corrected chi connectivity index (χ3v) is 5.21. The first-order valence-electron chi connectivity index (χ1n) is 9.03. The largest absolute Gasteiger partial charge is 0.654 e. The predicted octanol–water partition coefficient (Wildman–Crippen LogP) is 5.68. The zero-order chi connectivity index (χ0) is 17.5. The van der Waals surface area contributed by atoms with Gasteiger partial charge in [-0.15, -0.1) is 12.1 Å². The summed E-state index contributed by atoms with van der Waals surface area (Å²) in [6.45, 7) is 4.52. The number of allylic oxidation sites excluding steroid dienone is 2. The molecule has 0 aromatic heterocycles. The van der Waals surface area contributed by atoms with Crippen LogP contribution in [0.4, 0.5) is 0 Å². The minimum atomic E-state index is -0.0787. The molecule has 0 spiro atoms. The summed E-state index contributed by atoms with van der Waals surface area (Å²) in [5.41, 5.74) is 1.73. The van der Waals surface area contributed by atoms with Crippen LogP contribution >= 0.6 is 0 Å². The molecule has 2 fully saturated rings. The first-order chi connectivity index (χ1) is 11.5. The minimum Gasteiger partial charge on any atom is -0.654 e. The number of rotatable bonds is 2. The number of Topliss-reactive ketones (excluding diaryl/α,β-unsaturated/α-hetero) is 1. The number of aliphatic hydroxyl groups is 1. The monoisotopic (exact) mass is 520 g/mol. The number of piperidine rings is 1. The fraction of sp³-hybridized carbons (Fsp3) is 0.571. The Morgan fingerprint density at radius 2 is 1.84 bits per heavy atom. The second-order valence-electron chi connectivity index (χ2n) is 6.94. The summed E-state index contributed by atoms with van der Waals surface area (Å²) in [7, 11) is 0. The van der Waals surface area contributed by atoms with Crippen molar-refractivity contribution in [2.24, 2.45) is 5.92 Å². The number of fused-ring (bicyclic) bond motifs is 1. The molecule has 1 aromatic carbocycles. The Morgan fingerprint density at radius 1 is 1.12 bits per heavy atom. The second-order valence-corrected chi connectivity index (χ2v) is 6.94. The van der Waals surface area contributed by atoms with E-state index < -0.39 is 0 Å². The van der Waals surface area contributed by atoms with Gasteiger partial charge in [0.2, 0.25) is 0 Å². The number of ketones is 1. The van der Waals surface area contributed by atoms with Gasteiger partial charge in [0.1, 0.15) is 0 Å². The van der Waals surface area contributed by atoms with Gasteiger partial charge in [0.15, 0.2) is 5.78 Å². The summed E-state index contributed by atoms with van der Waals surface area (Å²) < 4.78 is 0. The summed E-state index contributed by atoms with van der Waals surface area (Å²) in [6, 6.07) is 12.8. The van der Waals surface area contributed by atoms with Crippen LogP contribution in [0.2, 0.25) is 0 Å². The maximum atomic E-state index is 10.4. The van der Waals surface area contributed by atoms with Crippen LogP contribution in [-0.2, 0) is 24.9 Å². The van der Waals surface area contributed by atoms with Crippen LogP contribution in [0.5, 0.6) is 0 Å². The number of carbonyl (C=O) groups excluding carboxylic acids is 1. The molecule has 3 rings (SSSR count). The van der Waals surface area contributed by atoms with E-state index in [-0.39, 0.29) is 31.6 Å². The van der Waals surface area contributed by atoms with E-state index in [0.29, 0.717) is 17.7 Å². The second kappa shape index (κ2) is 10.9. The Morgan fingerprint density at radius 3 is 2.40 bits per heavy atom. The standard InChI is InChI=1S/C15H19N.C6H10O2.Ir/c1-2-6-12(7-3-1)15-11-10-13-8-4-5-9-14(13)16-15;1-4(5(2)7)6(3)8;/h1-3,6,13-15H,4-5,8-11H2;7H,1-3H3;/q-2;;/b;5-4-;. The first-order valence-corrected chi connectivity index (χ1v) is 9.03. The van der Waals surface area contributed by atoms with Gasteiger partial charge in [0.25, 0.3) is 0 Å². The zero-order valence-electron chi connectivity index (χ0n) is 15.4. The van der Waals surface area contributed by atoms with Gasteiger partial charge in [-0.25, -0.2) is 0 Å². The fourth-order valence-electron chi connectivity index (χ4n) is 3.50. The first kappa shape index (κ1) is 22.1. The van der Waals surface area contributed by atoms with E-state index in [0.717, 1.165) is 5.92 Å². The third-order valence-electron chi connectivity index (χ3n) is 5.21. The van der Waals surface area contributed by atoms with Crippen molar-refractivity contribution in [2.45, 2.75) is 71.4 Å². The van der Waals surface area contributed by atoms with E-state index in [1.54, 1.807) is 6.92 Å². The molecule has 1 radical (unpaired) electrons. The number of benzene rings is 1. The summed E-state index contributed by atoms with van der Waals surface area (Å²) >= 11 is 0. The third kappa shape index (κ3) is 6.69. The van der Waals surface area contributed by atoms with Crippen molar-refractivity contribution in [3.63, 3.8) is 0 Å².